The number of carbonyl (C=O) groups excluding carboxylic acids is 1. The van der Waals surface area contributed by atoms with Crippen LogP contribution in [0.1, 0.15) is 10.4 Å². The Morgan fingerprint density at radius 3 is 2.07 bits per heavy atom. The molecule has 82 valence electrons. The Labute approximate surface area is 82.5 Å². The lowest BCUT2D eigenvalue weighted by molar-refractivity contribution is 0.0837. The first-order chi connectivity index (χ1) is 6.99. The number of carbonyl (C=O) groups is 1. The molecule has 6 heteroatoms. The van der Waals surface area contributed by atoms with E-state index in [9.17, 15) is 22.4 Å². The number of hydrogen-bond acceptors (Lipinski definition) is 2. The molecule has 0 atom stereocenters. The molecule has 0 N–H and O–H groups in total. The second kappa shape index (κ2) is 4.39. The molecule has 0 heterocycles. The van der Waals surface area contributed by atoms with Crippen LogP contribution >= 0.6 is 0 Å². The number of hydrogen-bond donors (Lipinski definition) is 0. The van der Waals surface area contributed by atoms with Crippen LogP contribution in [0, 0.1) is 23.3 Å². The average Bonchev–Trinajstić information content (AvgIpc) is 2.16. The molecule has 2 nitrogen and oxygen atoms in total. The normalized spacial score (nSPS) is 10.5. The van der Waals surface area contributed by atoms with Crippen LogP contribution in [-0.4, -0.2) is 19.5 Å². The molecule has 0 radical (unpaired) electrons. The van der Waals surface area contributed by atoms with Crippen LogP contribution in [0.4, 0.5) is 17.6 Å². The highest BCUT2D eigenvalue weighted by atomic mass is 19.2. The van der Waals surface area contributed by atoms with Gasteiger partial charge in [0.25, 0.3) is 0 Å². The zero-order valence-corrected chi connectivity index (χ0v) is 7.61. The Kier molecular flexibility index (Phi) is 3.41. The third kappa shape index (κ3) is 2.15. The summed E-state index contributed by atoms with van der Waals surface area (Å²) in [4.78, 5) is 11.1. The number of ketones is 1. The summed E-state index contributed by atoms with van der Waals surface area (Å²) in [6, 6.07) is 0.0360. The van der Waals surface area contributed by atoms with Crippen molar-refractivity contribution < 1.29 is 27.1 Å². The molecule has 0 aliphatic heterocycles. The van der Waals surface area contributed by atoms with Crippen LogP contribution in [0.15, 0.2) is 6.07 Å². The van der Waals surface area contributed by atoms with E-state index in [2.05, 4.69) is 4.74 Å². The third-order valence-electron chi connectivity index (χ3n) is 1.67. The van der Waals surface area contributed by atoms with Crippen molar-refractivity contribution in [3.63, 3.8) is 0 Å². The predicted molar refractivity (Wildman–Crippen MR) is 42.5 cm³/mol. The minimum absolute atomic E-state index is 0.0360. The van der Waals surface area contributed by atoms with Gasteiger partial charge in [0.1, 0.15) is 6.61 Å². The first kappa shape index (κ1) is 11.6. The fraction of sp³-hybridized carbons (Fsp3) is 0.222. The zero-order chi connectivity index (χ0) is 11.6. The van der Waals surface area contributed by atoms with E-state index in [0.29, 0.717) is 0 Å². The molecule has 0 saturated carbocycles. The SMILES string of the molecule is COCC(=O)c1c(F)c(F)cc(F)c1F. The minimum Gasteiger partial charge on any atom is -0.377 e. The number of Topliss-reactive ketones (excluding diaryl/α,β-unsaturated/α-hetero) is 1. The van der Waals surface area contributed by atoms with Gasteiger partial charge >= 0.3 is 0 Å². The standard InChI is InChI=1S/C9H6F4O2/c1-15-3-6(14)7-8(12)4(10)2-5(11)9(7)13/h2H,3H2,1H3. The van der Waals surface area contributed by atoms with Gasteiger partial charge in [-0.2, -0.15) is 0 Å². The van der Waals surface area contributed by atoms with Crippen molar-refractivity contribution in [1.29, 1.82) is 0 Å². The van der Waals surface area contributed by atoms with E-state index < -0.39 is 41.2 Å². The summed E-state index contributed by atoms with van der Waals surface area (Å²) in [6.45, 7) is -0.656. The molecular formula is C9H6F4O2. The first-order valence-electron chi connectivity index (χ1n) is 3.84. The zero-order valence-electron chi connectivity index (χ0n) is 7.61. The lowest BCUT2D eigenvalue weighted by Gasteiger charge is -2.04. The Morgan fingerprint density at radius 1 is 1.20 bits per heavy atom. The summed E-state index contributed by atoms with van der Waals surface area (Å²) >= 11 is 0. The van der Waals surface area contributed by atoms with Crippen molar-refractivity contribution in [3.8, 4) is 0 Å². The molecule has 15 heavy (non-hydrogen) atoms. The first-order valence-corrected chi connectivity index (χ1v) is 3.84. The molecular weight excluding hydrogens is 216 g/mol. The molecule has 1 aromatic carbocycles. The highest BCUT2D eigenvalue weighted by molar-refractivity contribution is 5.97. The van der Waals surface area contributed by atoms with Crippen molar-refractivity contribution >= 4 is 5.78 Å². The van der Waals surface area contributed by atoms with E-state index >= 15 is 0 Å². The second-order valence-electron chi connectivity index (χ2n) is 2.70. The van der Waals surface area contributed by atoms with Gasteiger partial charge in [0.2, 0.25) is 0 Å². The fourth-order valence-electron chi connectivity index (χ4n) is 1.02. The van der Waals surface area contributed by atoms with Gasteiger partial charge in [-0.25, -0.2) is 17.6 Å². The van der Waals surface area contributed by atoms with Crippen molar-refractivity contribution in [3.05, 3.63) is 34.9 Å². The molecule has 0 unspecified atom stereocenters. The van der Waals surface area contributed by atoms with E-state index in [1.54, 1.807) is 0 Å². The summed E-state index contributed by atoms with van der Waals surface area (Å²) in [5, 5.41) is 0. The number of methoxy groups -OCH3 is 1. The monoisotopic (exact) mass is 222 g/mol. The summed E-state index contributed by atoms with van der Waals surface area (Å²) in [7, 11) is 1.11. The van der Waals surface area contributed by atoms with Crippen LogP contribution in [-0.2, 0) is 4.74 Å². The fourth-order valence-corrected chi connectivity index (χ4v) is 1.02. The molecule has 0 amide bonds. The molecule has 0 aromatic heterocycles. The van der Waals surface area contributed by atoms with Crippen LogP contribution in [0.5, 0.6) is 0 Å². The average molecular weight is 222 g/mol. The number of ether oxygens (including phenoxy) is 1. The van der Waals surface area contributed by atoms with Gasteiger partial charge in [-0.15, -0.1) is 0 Å². The van der Waals surface area contributed by atoms with E-state index in [-0.39, 0.29) is 6.07 Å². The number of rotatable bonds is 3. The Hall–Kier alpha value is -1.43. The van der Waals surface area contributed by atoms with Crippen LogP contribution < -0.4 is 0 Å². The van der Waals surface area contributed by atoms with E-state index in [0.717, 1.165) is 7.11 Å². The quantitative estimate of drug-likeness (QED) is 0.444. The van der Waals surface area contributed by atoms with E-state index in [1.807, 2.05) is 0 Å². The minimum atomic E-state index is -1.71. The molecule has 0 fully saturated rings. The molecule has 0 spiro atoms. The van der Waals surface area contributed by atoms with Gasteiger partial charge in [0.05, 0.1) is 5.56 Å². The highest BCUT2D eigenvalue weighted by Gasteiger charge is 2.24. The van der Waals surface area contributed by atoms with Crippen molar-refractivity contribution in [1.82, 2.24) is 0 Å². The molecule has 1 aromatic rings. The van der Waals surface area contributed by atoms with Gasteiger partial charge in [-0.3, -0.25) is 4.79 Å². The Bertz CT molecular complexity index is 377. The molecule has 0 aliphatic rings. The van der Waals surface area contributed by atoms with Crippen LogP contribution in [0.3, 0.4) is 0 Å². The highest BCUT2D eigenvalue weighted by Crippen LogP contribution is 2.19. The molecule has 0 aliphatic carbocycles. The van der Waals surface area contributed by atoms with Crippen molar-refractivity contribution in [2.45, 2.75) is 0 Å². The maximum atomic E-state index is 13.0. The molecule has 0 bridgehead atoms. The van der Waals surface area contributed by atoms with E-state index in [1.165, 1.54) is 0 Å². The van der Waals surface area contributed by atoms with Gasteiger partial charge in [-0.1, -0.05) is 0 Å². The lowest BCUT2D eigenvalue weighted by atomic mass is 10.1. The maximum Gasteiger partial charge on any atom is 0.194 e. The largest absolute Gasteiger partial charge is 0.377 e. The Balaban J connectivity index is 3.32. The maximum absolute atomic E-state index is 13.0. The van der Waals surface area contributed by atoms with E-state index in [4.69, 9.17) is 0 Å². The van der Waals surface area contributed by atoms with Crippen LogP contribution in [0.2, 0.25) is 0 Å². The molecule has 0 saturated heterocycles. The second-order valence-corrected chi connectivity index (χ2v) is 2.70. The van der Waals surface area contributed by atoms with Crippen LogP contribution in [0.25, 0.3) is 0 Å². The molecule has 1 rings (SSSR count). The smallest absolute Gasteiger partial charge is 0.194 e. The van der Waals surface area contributed by atoms with Gasteiger partial charge < -0.3 is 4.74 Å². The Morgan fingerprint density at radius 2 is 1.67 bits per heavy atom. The van der Waals surface area contributed by atoms with Crippen molar-refractivity contribution in [2.75, 3.05) is 13.7 Å². The van der Waals surface area contributed by atoms with Gasteiger partial charge in [0, 0.05) is 13.2 Å². The predicted octanol–water partition coefficient (Wildman–Crippen LogP) is 2.07. The topological polar surface area (TPSA) is 26.3 Å². The lowest BCUT2D eigenvalue weighted by Crippen LogP contribution is -2.14. The van der Waals surface area contributed by atoms with Crippen molar-refractivity contribution in [2.24, 2.45) is 0 Å². The number of benzene rings is 1. The van der Waals surface area contributed by atoms with Gasteiger partial charge in [0.15, 0.2) is 29.1 Å². The third-order valence-corrected chi connectivity index (χ3v) is 1.67. The van der Waals surface area contributed by atoms with Gasteiger partial charge in [-0.05, 0) is 0 Å². The summed E-state index contributed by atoms with van der Waals surface area (Å²) in [6.07, 6.45) is 0. The summed E-state index contributed by atoms with van der Waals surface area (Å²) < 4.78 is 55.5. The summed E-state index contributed by atoms with van der Waals surface area (Å²) in [5.74, 6) is -7.82. The summed E-state index contributed by atoms with van der Waals surface area (Å²) in [5.41, 5.74) is -1.26. The number of halogens is 4.